The average Bonchev–Trinajstić information content (AvgIpc) is 2.52. The highest BCUT2D eigenvalue weighted by Crippen LogP contribution is 2.19. The van der Waals surface area contributed by atoms with Gasteiger partial charge in [-0.15, -0.1) is 0 Å². The first kappa shape index (κ1) is 16.7. The molecule has 0 heterocycles. The Kier molecular flexibility index (Phi) is 5.85. The minimum atomic E-state index is -2.92. The summed E-state index contributed by atoms with van der Waals surface area (Å²) < 4.78 is 47.2. The molecule has 0 bridgehead atoms. The minimum absolute atomic E-state index is 0.00894. The predicted octanol–water partition coefficient (Wildman–Crippen LogP) is 3.99. The van der Waals surface area contributed by atoms with Crippen LogP contribution in [0.15, 0.2) is 47.6 Å². The van der Waals surface area contributed by atoms with Crippen LogP contribution in [0.25, 0.3) is 0 Å². The second-order valence-corrected chi connectivity index (χ2v) is 4.39. The van der Waals surface area contributed by atoms with E-state index in [0.717, 1.165) is 0 Å². The van der Waals surface area contributed by atoms with Crippen molar-refractivity contribution >= 4 is 6.21 Å². The van der Waals surface area contributed by atoms with E-state index in [9.17, 15) is 13.2 Å². The molecule has 0 atom stereocenters. The normalized spacial score (nSPS) is 11.0. The third-order valence-electron chi connectivity index (χ3n) is 2.85. The van der Waals surface area contributed by atoms with E-state index in [1.807, 2.05) is 0 Å². The number of nitrogens with zero attached hydrogens (tertiary/aromatic N) is 1. The molecule has 0 aliphatic heterocycles. The summed E-state index contributed by atoms with van der Waals surface area (Å²) in [5.41, 5.74) is 0.895. The number of methoxy groups -OCH3 is 1. The molecule has 7 heteroatoms. The molecule has 0 saturated carbocycles. The van der Waals surface area contributed by atoms with E-state index >= 15 is 0 Å². The zero-order chi connectivity index (χ0) is 16.7. The van der Waals surface area contributed by atoms with Gasteiger partial charge in [-0.3, -0.25) is 0 Å². The molecule has 122 valence electrons. The van der Waals surface area contributed by atoms with Gasteiger partial charge in [0.1, 0.15) is 12.4 Å². The molecular formula is C16H14F3NO3. The predicted molar refractivity (Wildman–Crippen MR) is 78.4 cm³/mol. The highest BCUT2D eigenvalue weighted by atomic mass is 19.3. The van der Waals surface area contributed by atoms with E-state index in [2.05, 4.69) is 9.89 Å². The van der Waals surface area contributed by atoms with E-state index in [0.29, 0.717) is 11.1 Å². The Labute approximate surface area is 131 Å². The fourth-order valence-electron chi connectivity index (χ4n) is 1.80. The van der Waals surface area contributed by atoms with Crippen molar-refractivity contribution in [1.29, 1.82) is 0 Å². The van der Waals surface area contributed by atoms with E-state index in [1.165, 1.54) is 31.5 Å². The van der Waals surface area contributed by atoms with Crippen LogP contribution in [0.1, 0.15) is 11.1 Å². The van der Waals surface area contributed by atoms with Crippen LogP contribution in [0.2, 0.25) is 0 Å². The number of oxime groups is 1. The van der Waals surface area contributed by atoms with Crippen molar-refractivity contribution in [2.45, 2.75) is 13.2 Å². The molecule has 0 unspecified atom stereocenters. The molecule has 0 amide bonds. The molecule has 0 aliphatic carbocycles. The SMILES string of the molecule is COc1ccc(CON=Cc2ccccc2OC(F)F)cc1F. The van der Waals surface area contributed by atoms with E-state index in [-0.39, 0.29) is 18.1 Å². The van der Waals surface area contributed by atoms with Crippen molar-refractivity contribution in [2.75, 3.05) is 7.11 Å². The standard InChI is InChI=1S/C16H14F3NO3/c1-21-15-7-6-11(8-13(15)17)10-22-20-9-12-4-2-3-5-14(12)23-16(18)19/h2-9,16H,10H2,1H3. The maximum absolute atomic E-state index is 13.5. The van der Waals surface area contributed by atoms with Crippen molar-refractivity contribution in [3.63, 3.8) is 0 Å². The highest BCUT2D eigenvalue weighted by molar-refractivity contribution is 5.83. The van der Waals surface area contributed by atoms with Gasteiger partial charge in [-0.1, -0.05) is 23.4 Å². The van der Waals surface area contributed by atoms with Crippen LogP contribution in [0, 0.1) is 5.82 Å². The Balaban J connectivity index is 1.96. The zero-order valence-corrected chi connectivity index (χ0v) is 12.2. The number of ether oxygens (including phenoxy) is 2. The Bertz CT molecular complexity index is 677. The number of alkyl halides is 2. The highest BCUT2D eigenvalue weighted by Gasteiger charge is 2.07. The molecule has 0 spiro atoms. The summed E-state index contributed by atoms with van der Waals surface area (Å²) in [7, 11) is 1.37. The number of hydrogen-bond acceptors (Lipinski definition) is 4. The lowest BCUT2D eigenvalue weighted by molar-refractivity contribution is -0.0499. The van der Waals surface area contributed by atoms with Crippen LogP contribution in [0.3, 0.4) is 0 Å². The van der Waals surface area contributed by atoms with Gasteiger partial charge in [-0.2, -0.15) is 8.78 Å². The third kappa shape index (κ3) is 4.91. The Morgan fingerprint density at radius 2 is 1.91 bits per heavy atom. The summed E-state index contributed by atoms with van der Waals surface area (Å²) in [5, 5.41) is 3.67. The summed E-state index contributed by atoms with van der Waals surface area (Å²) in [4.78, 5) is 5.03. The van der Waals surface area contributed by atoms with Crippen LogP contribution in [0.4, 0.5) is 13.2 Å². The lowest BCUT2D eigenvalue weighted by atomic mass is 10.2. The third-order valence-corrected chi connectivity index (χ3v) is 2.85. The summed E-state index contributed by atoms with van der Waals surface area (Å²) in [6.07, 6.45) is 1.25. The van der Waals surface area contributed by atoms with Gasteiger partial charge in [-0.25, -0.2) is 4.39 Å². The molecule has 23 heavy (non-hydrogen) atoms. The molecule has 0 saturated heterocycles. The smallest absolute Gasteiger partial charge is 0.387 e. The number of halogens is 3. The fraction of sp³-hybridized carbons (Fsp3) is 0.188. The van der Waals surface area contributed by atoms with Gasteiger partial charge in [0.15, 0.2) is 11.6 Å². The molecule has 0 fully saturated rings. The number of benzene rings is 2. The molecule has 2 aromatic rings. The van der Waals surface area contributed by atoms with Gasteiger partial charge in [0, 0.05) is 5.56 Å². The van der Waals surface area contributed by atoms with Crippen LogP contribution in [0.5, 0.6) is 11.5 Å². The molecule has 0 aromatic heterocycles. The quantitative estimate of drug-likeness (QED) is 0.571. The molecule has 0 N–H and O–H groups in total. The van der Waals surface area contributed by atoms with Crippen LogP contribution in [-0.2, 0) is 11.4 Å². The summed E-state index contributed by atoms with van der Waals surface area (Å²) in [6, 6.07) is 10.5. The van der Waals surface area contributed by atoms with Crippen molar-refractivity contribution in [1.82, 2.24) is 0 Å². The second-order valence-electron chi connectivity index (χ2n) is 4.39. The minimum Gasteiger partial charge on any atom is -0.494 e. The van der Waals surface area contributed by atoms with Crippen molar-refractivity contribution in [2.24, 2.45) is 5.16 Å². The van der Waals surface area contributed by atoms with Gasteiger partial charge >= 0.3 is 6.61 Å². The number of para-hydroxylation sites is 1. The molecule has 2 aromatic carbocycles. The second kappa shape index (κ2) is 8.07. The first-order valence-corrected chi connectivity index (χ1v) is 6.61. The van der Waals surface area contributed by atoms with Crippen molar-refractivity contribution < 1.29 is 27.5 Å². The fourth-order valence-corrected chi connectivity index (χ4v) is 1.80. The Morgan fingerprint density at radius 1 is 1.13 bits per heavy atom. The average molecular weight is 325 g/mol. The first-order chi connectivity index (χ1) is 11.1. The molecular weight excluding hydrogens is 311 g/mol. The largest absolute Gasteiger partial charge is 0.494 e. The first-order valence-electron chi connectivity index (χ1n) is 6.61. The van der Waals surface area contributed by atoms with Gasteiger partial charge in [0.2, 0.25) is 0 Å². The van der Waals surface area contributed by atoms with E-state index in [1.54, 1.807) is 24.3 Å². The van der Waals surface area contributed by atoms with Crippen LogP contribution >= 0.6 is 0 Å². The van der Waals surface area contributed by atoms with E-state index in [4.69, 9.17) is 9.57 Å². The lowest BCUT2D eigenvalue weighted by Gasteiger charge is -2.07. The lowest BCUT2D eigenvalue weighted by Crippen LogP contribution is -2.04. The maximum Gasteiger partial charge on any atom is 0.387 e. The number of rotatable bonds is 7. The molecule has 0 aliphatic rings. The molecule has 0 radical (unpaired) electrons. The van der Waals surface area contributed by atoms with Crippen molar-refractivity contribution in [3.05, 3.63) is 59.4 Å². The molecule has 2 rings (SSSR count). The summed E-state index contributed by atoms with van der Waals surface area (Å²) >= 11 is 0. The molecule has 4 nitrogen and oxygen atoms in total. The topological polar surface area (TPSA) is 40.0 Å². The van der Waals surface area contributed by atoms with Gasteiger partial charge < -0.3 is 14.3 Å². The maximum atomic E-state index is 13.5. The Morgan fingerprint density at radius 3 is 2.61 bits per heavy atom. The summed E-state index contributed by atoms with van der Waals surface area (Å²) in [5.74, 6) is -0.381. The van der Waals surface area contributed by atoms with Crippen LogP contribution in [-0.4, -0.2) is 19.9 Å². The van der Waals surface area contributed by atoms with Crippen molar-refractivity contribution in [3.8, 4) is 11.5 Å². The van der Waals surface area contributed by atoms with Crippen LogP contribution < -0.4 is 9.47 Å². The van der Waals surface area contributed by atoms with E-state index < -0.39 is 12.4 Å². The zero-order valence-electron chi connectivity index (χ0n) is 12.2. The summed E-state index contributed by atoms with van der Waals surface area (Å²) in [6.45, 7) is -2.90. The van der Waals surface area contributed by atoms with Gasteiger partial charge in [0.25, 0.3) is 0 Å². The van der Waals surface area contributed by atoms with Gasteiger partial charge in [0.05, 0.1) is 13.3 Å². The Hall–Kier alpha value is -2.70. The number of hydrogen-bond donors (Lipinski definition) is 0. The monoisotopic (exact) mass is 325 g/mol. The van der Waals surface area contributed by atoms with Gasteiger partial charge in [-0.05, 0) is 29.8 Å².